The molecule has 0 radical (unpaired) electrons. The summed E-state index contributed by atoms with van der Waals surface area (Å²) in [5.74, 6) is 6.20. The van der Waals surface area contributed by atoms with Gasteiger partial charge in [-0.15, -0.1) is 0 Å². The van der Waals surface area contributed by atoms with Crippen LogP contribution in [0.4, 0.5) is 5.69 Å². The largest absolute Gasteiger partial charge is 0.265 e. The number of para-hydroxylation sites is 1. The number of hydrogen-bond donors (Lipinski definition) is 0. The quantitative estimate of drug-likeness (QED) is 0.509. The third kappa shape index (κ3) is 4.20. The third-order valence-electron chi connectivity index (χ3n) is 3.00. The molecule has 0 aliphatic carbocycles. The van der Waals surface area contributed by atoms with E-state index in [0.29, 0.717) is 0 Å². The number of benzene rings is 1. The normalized spacial score (nSPS) is 9.04. The van der Waals surface area contributed by atoms with Crippen molar-refractivity contribution in [2.75, 3.05) is 4.90 Å². The molecule has 3 rings (SSSR count). The molecule has 0 aliphatic heterocycles. The van der Waals surface area contributed by atoms with Crippen LogP contribution in [0, 0.1) is 23.9 Å². The first-order valence-corrected chi connectivity index (χ1v) is 7.10. The molecule has 3 heteroatoms. The van der Waals surface area contributed by atoms with Crippen LogP contribution in [-0.4, -0.2) is 9.97 Å². The van der Waals surface area contributed by atoms with Gasteiger partial charge in [0.1, 0.15) is 0 Å². The van der Waals surface area contributed by atoms with Gasteiger partial charge in [0.2, 0.25) is 0 Å². The number of anilines is 1. The highest BCUT2D eigenvalue weighted by atomic mass is 15.1. The van der Waals surface area contributed by atoms with Crippen molar-refractivity contribution in [3.63, 3.8) is 0 Å². The lowest BCUT2D eigenvalue weighted by molar-refractivity contribution is 1.31. The Balaban J connectivity index is 1.93. The van der Waals surface area contributed by atoms with E-state index in [-0.39, 0.29) is 0 Å². The predicted molar refractivity (Wildman–Crippen MR) is 91.2 cm³/mol. The molecular weight excluding hydrogens is 282 g/mol. The van der Waals surface area contributed by atoms with Crippen molar-refractivity contribution < 1.29 is 0 Å². The average Bonchev–Trinajstić information content (AvgIpc) is 2.64. The Hall–Kier alpha value is -3.56. The molecule has 0 saturated heterocycles. The average molecular weight is 295 g/mol. The van der Waals surface area contributed by atoms with Gasteiger partial charge in [0.15, 0.2) is 0 Å². The number of nitrogens with zero attached hydrogens (tertiary/aromatic N) is 3. The first-order chi connectivity index (χ1) is 11.4. The second kappa shape index (κ2) is 7.45. The molecule has 0 unspecified atom stereocenters. The fraction of sp³-hybridized carbons (Fsp3) is 0. The monoisotopic (exact) mass is 295 g/mol. The minimum Gasteiger partial charge on any atom is -0.265 e. The molecule has 0 atom stereocenters. The maximum absolute atomic E-state index is 3.99. The van der Waals surface area contributed by atoms with Gasteiger partial charge in [0.05, 0.1) is 5.69 Å². The van der Waals surface area contributed by atoms with Gasteiger partial charge in [0, 0.05) is 48.0 Å². The zero-order valence-electron chi connectivity index (χ0n) is 12.3. The minimum atomic E-state index is 0.895. The number of aromatic nitrogens is 2. The van der Waals surface area contributed by atoms with Crippen LogP contribution in [0.5, 0.6) is 0 Å². The molecule has 2 heterocycles. The lowest BCUT2D eigenvalue weighted by Crippen LogP contribution is -2.08. The maximum Gasteiger partial charge on any atom is 0.0636 e. The molecule has 0 saturated carbocycles. The zero-order valence-corrected chi connectivity index (χ0v) is 12.3. The van der Waals surface area contributed by atoms with Gasteiger partial charge in [-0.05, 0) is 48.2 Å². The lowest BCUT2D eigenvalue weighted by Gasteiger charge is -2.08. The second-order valence-electron chi connectivity index (χ2n) is 4.62. The van der Waals surface area contributed by atoms with Crippen molar-refractivity contribution in [3.05, 3.63) is 90.5 Å². The van der Waals surface area contributed by atoms with E-state index in [1.165, 1.54) is 0 Å². The highest BCUT2D eigenvalue weighted by Crippen LogP contribution is 2.11. The summed E-state index contributed by atoms with van der Waals surface area (Å²) < 4.78 is 0. The van der Waals surface area contributed by atoms with E-state index < -0.39 is 0 Å². The van der Waals surface area contributed by atoms with Crippen LogP contribution in [0.3, 0.4) is 0 Å². The van der Waals surface area contributed by atoms with Crippen LogP contribution in [-0.2, 0) is 0 Å². The summed E-state index contributed by atoms with van der Waals surface area (Å²) in [5.41, 5.74) is 2.72. The molecule has 3 aromatic rings. The molecule has 2 aromatic heterocycles. The molecule has 0 fully saturated rings. The Kier molecular flexibility index (Phi) is 4.66. The highest BCUT2D eigenvalue weighted by molar-refractivity contribution is 5.59. The molecule has 0 N–H and O–H groups in total. The summed E-state index contributed by atoms with van der Waals surface area (Å²) in [7, 11) is 0. The van der Waals surface area contributed by atoms with Crippen molar-refractivity contribution in [1.82, 2.24) is 9.97 Å². The fourth-order valence-electron chi connectivity index (χ4n) is 1.85. The van der Waals surface area contributed by atoms with Crippen LogP contribution >= 0.6 is 0 Å². The molecule has 1 aromatic carbocycles. The van der Waals surface area contributed by atoms with Crippen LogP contribution in [0.1, 0.15) is 11.1 Å². The smallest absolute Gasteiger partial charge is 0.0636 e. The van der Waals surface area contributed by atoms with Gasteiger partial charge in [0.25, 0.3) is 0 Å². The topological polar surface area (TPSA) is 29.0 Å². The standard InChI is InChI=1S/C20H13N3/c1-2-4-20(5-3-1)23(16-10-18-6-12-21-13-7-18)17-11-19-8-14-22-15-9-19/h1-9,12-15H. The maximum atomic E-state index is 3.99. The SMILES string of the molecule is C(#CN(C#Cc1ccncc1)c1ccccc1)c1ccncc1. The summed E-state index contributed by atoms with van der Waals surface area (Å²) in [6.07, 6.45) is 6.89. The minimum absolute atomic E-state index is 0.895. The van der Waals surface area contributed by atoms with E-state index in [9.17, 15) is 0 Å². The number of hydrogen-bond acceptors (Lipinski definition) is 3. The Morgan fingerprint density at radius 1 is 0.609 bits per heavy atom. The van der Waals surface area contributed by atoms with E-state index in [1.54, 1.807) is 29.7 Å². The van der Waals surface area contributed by atoms with Crippen LogP contribution in [0.25, 0.3) is 0 Å². The van der Waals surface area contributed by atoms with E-state index in [0.717, 1.165) is 16.8 Å². The van der Waals surface area contributed by atoms with Crippen molar-refractivity contribution in [2.45, 2.75) is 0 Å². The van der Waals surface area contributed by atoms with Gasteiger partial charge in [-0.3, -0.25) is 9.97 Å². The highest BCUT2D eigenvalue weighted by Gasteiger charge is 1.98. The first-order valence-electron chi connectivity index (χ1n) is 7.10. The summed E-state index contributed by atoms with van der Waals surface area (Å²) in [5, 5.41) is 0. The predicted octanol–water partition coefficient (Wildman–Crippen LogP) is 3.30. The Labute approximate surface area is 135 Å². The van der Waals surface area contributed by atoms with Gasteiger partial charge >= 0.3 is 0 Å². The molecule has 0 amide bonds. The van der Waals surface area contributed by atoms with Crippen LogP contribution in [0.2, 0.25) is 0 Å². The molecule has 0 aliphatic rings. The number of rotatable bonds is 1. The summed E-state index contributed by atoms with van der Waals surface area (Å²) >= 11 is 0. The molecule has 3 nitrogen and oxygen atoms in total. The molecule has 23 heavy (non-hydrogen) atoms. The van der Waals surface area contributed by atoms with Gasteiger partial charge < -0.3 is 0 Å². The van der Waals surface area contributed by atoms with Gasteiger partial charge in [-0.25, -0.2) is 4.90 Å². The Bertz CT molecular complexity index is 810. The Morgan fingerprint density at radius 2 is 1.09 bits per heavy atom. The second-order valence-corrected chi connectivity index (χ2v) is 4.62. The Morgan fingerprint density at radius 3 is 1.57 bits per heavy atom. The molecule has 0 bridgehead atoms. The third-order valence-corrected chi connectivity index (χ3v) is 3.00. The van der Waals surface area contributed by atoms with Crippen LogP contribution in [0.15, 0.2) is 79.4 Å². The first kappa shape index (κ1) is 14.4. The van der Waals surface area contributed by atoms with Crippen molar-refractivity contribution in [2.24, 2.45) is 0 Å². The van der Waals surface area contributed by atoms with Gasteiger partial charge in [-0.1, -0.05) is 18.2 Å². The van der Waals surface area contributed by atoms with Crippen molar-refractivity contribution in [1.29, 1.82) is 0 Å². The van der Waals surface area contributed by atoms with Crippen molar-refractivity contribution >= 4 is 5.69 Å². The summed E-state index contributed by atoms with van der Waals surface area (Å²) in [4.78, 5) is 9.71. The summed E-state index contributed by atoms with van der Waals surface area (Å²) in [6, 6.07) is 23.5. The van der Waals surface area contributed by atoms with E-state index in [1.807, 2.05) is 54.6 Å². The van der Waals surface area contributed by atoms with Gasteiger partial charge in [-0.2, -0.15) is 0 Å². The molecule has 108 valence electrons. The lowest BCUT2D eigenvalue weighted by atomic mass is 10.2. The van der Waals surface area contributed by atoms with Crippen LogP contribution < -0.4 is 4.90 Å². The number of pyridine rings is 2. The zero-order chi connectivity index (χ0) is 15.7. The van der Waals surface area contributed by atoms with E-state index in [4.69, 9.17) is 0 Å². The van der Waals surface area contributed by atoms with E-state index >= 15 is 0 Å². The van der Waals surface area contributed by atoms with E-state index in [2.05, 4.69) is 33.9 Å². The van der Waals surface area contributed by atoms with Crippen molar-refractivity contribution in [3.8, 4) is 23.9 Å². The summed E-state index contributed by atoms with van der Waals surface area (Å²) in [6.45, 7) is 0. The fourth-order valence-corrected chi connectivity index (χ4v) is 1.85. The molecule has 0 spiro atoms. The molecular formula is C20H13N3.